The maximum atomic E-state index is 5.30. The van der Waals surface area contributed by atoms with Gasteiger partial charge in [0.15, 0.2) is 0 Å². The summed E-state index contributed by atoms with van der Waals surface area (Å²) in [5, 5.41) is 4.38. The van der Waals surface area contributed by atoms with Crippen LogP contribution in [0.2, 0.25) is 0 Å². The molecule has 0 bridgehead atoms. The second-order valence-corrected chi connectivity index (χ2v) is 5.83. The Morgan fingerprint density at radius 2 is 1.95 bits per heavy atom. The average Bonchev–Trinajstić information content (AvgIpc) is 2.37. The average molecular weight is 258 g/mol. The molecule has 0 amide bonds. The standard InChI is InChI=1S/C16H22N2O/c1-16(2,3)15-8-11(10-17-4)13-9-12(19-5)6-7-14(13)18-15/h6-9,17H,10H2,1-5H3. The molecule has 0 saturated carbocycles. The maximum absolute atomic E-state index is 5.30. The fraction of sp³-hybridized carbons (Fsp3) is 0.438. The molecular formula is C16H22N2O. The Balaban J connectivity index is 2.68. The van der Waals surface area contributed by atoms with Crippen LogP contribution in [-0.2, 0) is 12.0 Å². The van der Waals surface area contributed by atoms with Crippen LogP contribution in [0.4, 0.5) is 0 Å². The molecule has 1 heterocycles. The third-order valence-corrected chi connectivity index (χ3v) is 3.24. The number of fused-ring (bicyclic) bond motifs is 1. The van der Waals surface area contributed by atoms with Gasteiger partial charge in [-0.15, -0.1) is 0 Å². The largest absolute Gasteiger partial charge is 0.497 e. The lowest BCUT2D eigenvalue weighted by atomic mass is 9.90. The highest BCUT2D eigenvalue weighted by atomic mass is 16.5. The van der Waals surface area contributed by atoms with E-state index >= 15 is 0 Å². The number of nitrogens with one attached hydrogen (secondary N) is 1. The SMILES string of the molecule is CNCc1cc(C(C)(C)C)nc2ccc(OC)cc12. The fourth-order valence-electron chi connectivity index (χ4n) is 2.12. The summed E-state index contributed by atoms with van der Waals surface area (Å²) in [4.78, 5) is 4.78. The minimum atomic E-state index is 0.0522. The first kappa shape index (κ1) is 13.8. The molecule has 0 atom stereocenters. The number of nitrogens with zero attached hydrogens (tertiary/aromatic N) is 1. The molecule has 0 saturated heterocycles. The van der Waals surface area contributed by atoms with Crippen molar-refractivity contribution in [1.29, 1.82) is 0 Å². The van der Waals surface area contributed by atoms with Crippen LogP contribution in [-0.4, -0.2) is 19.1 Å². The van der Waals surface area contributed by atoms with E-state index in [2.05, 4.69) is 38.2 Å². The van der Waals surface area contributed by atoms with Crippen molar-refractivity contribution < 1.29 is 4.74 Å². The zero-order valence-electron chi connectivity index (χ0n) is 12.4. The molecule has 0 radical (unpaired) electrons. The number of benzene rings is 1. The van der Waals surface area contributed by atoms with Crippen LogP contribution in [0.15, 0.2) is 24.3 Å². The van der Waals surface area contributed by atoms with Crippen molar-refractivity contribution in [2.45, 2.75) is 32.7 Å². The van der Waals surface area contributed by atoms with Crippen molar-refractivity contribution in [3.05, 3.63) is 35.5 Å². The monoisotopic (exact) mass is 258 g/mol. The second kappa shape index (κ2) is 5.17. The van der Waals surface area contributed by atoms with E-state index in [4.69, 9.17) is 9.72 Å². The molecule has 0 unspecified atom stereocenters. The van der Waals surface area contributed by atoms with Crippen LogP contribution in [0.1, 0.15) is 32.0 Å². The normalized spacial score (nSPS) is 11.8. The van der Waals surface area contributed by atoms with Crippen molar-refractivity contribution in [1.82, 2.24) is 10.3 Å². The van der Waals surface area contributed by atoms with Crippen molar-refractivity contribution >= 4 is 10.9 Å². The van der Waals surface area contributed by atoms with Gasteiger partial charge < -0.3 is 10.1 Å². The van der Waals surface area contributed by atoms with Gasteiger partial charge in [-0.1, -0.05) is 20.8 Å². The first-order valence-electron chi connectivity index (χ1n) is 6.58. The summed E-state index contributed by atoms with van der Waals surface area (Å²) in [6.07, 6.45) is 0. The molecular weight excluding hydrogens is 236 g/mol. The van der Waals surface area contributed by atoms with Crippen molar-refractivity contribution in [2.75, 3.05) is 14.2 Å². The van der Waals surface area contributed by atoms with Gasteiger partial charge in [0.25, 0.3) is 0 Å². The van der Waals surface area contributed by atoms with Gasteiger partial charge in [-0.05, 0) is 36.9 Å². The van der Waals surface area contributed by atoms with E-state index in [1.165, 1.54) is 5.56 Å². The lowest BCUT2D eigenvalue weighted by Gasteiger charge is -2.20. The minimum absolute atomic E-state index is 0.0522. The summed E-state index contributed by atoms with van der Waals surface area (Å²) in [6.45, 7) is 7.39. The number of pyridine rings is 1. The quantitative estimate of drug-likeness (QED) is 0.917. The van der Waals surface area contributed by atoms with E-state index in [1.807, 2.05) is 19.2 Å². The van der Waals surface area contributed by atoms with Gasteiger partial charge in [0.05, 0.1) is 12.6 Å². The van der Waals surface area contributed by atoms with Gasteiger partial charge in [-0.25, -0.2) is 0 Å². The lowest BCUT2D eigenvalue weighted by molar-refractivity contribution is 0.415. The topological polar surface area (TPSA) is 34.2 Å². The fourth-order valence-corrected chi connectivity index (χ4v) is 2.12. The van der Waals surface area contributed by atoms with Crippen LogP contribution in [0, 0.1) is 0 Å². The predicted molar refractivity (Wildman–Crippen MR) is 79.8 cm³/mol. The molecule has 2 rings (SSSR count). The van der Waals surface area contributed by atoms with Crippen molar-refractivity contribution in [3.8, 4) is 5.75 Å². The van der Waals surface area contributed by atoms with Gasteiger partial charge in [-0.2, -0.15) is 0 Å². The van der Waals surface area contributed by atoms with Gasteiger partial charge in [0.1, 0.15) is 5.75 Å². The number of rotatable bonds is 3. The van der Waals surface area contributed by atoms with Gasteiger partial charge in [0, 0.05) is 23.0 Å². The highest BCUT2D eigenvalue weighted by molar-refractivity contribution is 5.84. The Kier molecular flexibility index (Phi) is 3.76. The maximum Gasteiger partial charge on any atom is 0.119 e. The summed E-state index contributed by atoms with van der Waals surface area (Å²) >= 11 is 0. The Hall–Kier alpha value is -1.61. The van der Waals surface area contributed by atoms with E-state index in [1.54, 1.807) is 7.11 Å². The highest BCUT2D eigenvalue weighted by Crippen LogP contribution is 2.28. The van der Waals surface area contributed by atoms with E-state index < -0.39 is 0 Å². The minimum Gasteiger partial charge on any atom is -0.497 e. The summed E-state index contributed by atoms with van der Waals surface area (Å²) in [7, 11) is 3.65. The number of hydrogen-bond acceptors (Lipinski definition) is 3. The van der Waals surface area contributed by atoms with E-state index in [-0.39, 0.29) is 5.41 Å². The molecule has 102 valence electrons. The number of methoxy groups -OCH3 is 1. The summed E-state index contributed by atoms with van der Waals surface area (Å²) in [6, 6.07) is 8.24. The zero-order chi connectivity index (χ0) is 14.0. The molecule has 0 aliphatic heterocycles. The lowest BCUT2D eigenvalue weighted by Crippen LogP contribution is -2.15. The van der Waals surface area contributed by atoms with E-state index in [9.17, 15) is 0 Å². The zero-order valence-corrected chi connectivity index (χ0v) is 12.4. The number of hydrogen-bond donors (Lipinski definition) is 1. The highest BCUT2D eigenvalue weighted by Gasteiger charge is 2.17. The molecule has 0 aliphatic carbocycles. The molecule has 1 aromatic heterocycles. The molecule has 0 fully saturated rings. The Labute approximate surface area is 115 Å². The van der Waals surface area contributed by atoms with E-state index in [0.29, 0.717) is 0 Å². The summed E-state index contributed by atoms with van der Waals surface area (Å²) in [5.74, 6) is 0.871. The first-order valence-corrected chi connectivity index (χ1v) is 6.58. The van der Waals surface area contributed by atoms with Gasteiger partial charge in [-0.3, -0.25) is 4.98 Å². The second-order valence-electron chi connectivity index (χ2n) is 5.83. The molecule has 2 aromatic rings. The van der Waals surface area contributed by atoms with Crippen LogP contribution in [0.5, 0.6) is 5.75 Å². The molecule has 3 heteroatoms. The van der Waals surface area contributed by atoms with Crippen LogP contribution in [0.3, 0.4) is 0 Å². The van der Waals surface area contributed by atoms with Crippen molar-refractivity contribution in [2.24, 2.45) is 0 Å². The predicted octanol–water partition coefficient (Wildman–Crippen LogP) is 3.26. The smallest absolute Gasteiger partial charge is 0.119 e. The molecule has 19 heavy (non-hydrogen) atoms. The van der Waals surface area contributed by atoms with Crippen LogP contribution in [0.25, 0.3) is 10.9 Å². The number of ether oxygens (including phenoxy) is 1. The number of aromatic nitrogens is 1. The van der Waals surface area contributed by atoms with Gasteiger partial charge >= 0.3 is 0 Å². The molecule has 1 N–H and O–H groups in total. The third-order valence-electron chi connectivity index (χ3n) is 3.24. The van der Waals surface area contributed by atoms with Gasteiger partial charge in [0.2, 0.25) is 0 Å². The Morgan fingerprint density at radius 3 is 2.53 bits per heavy atom. The van der Waals surface area contributed by atoms with E-state index in [0.717, 1.165) is 28.9 Å². The third kappa shape index (κ3) is 2.87. The Morgan fingerprint density at radius 1 is 1.21 bits per heavy atom. The molecule has 3 nitrogen and oxygen atoms in total. The summed E-state index contributed by atoms with van der Waals surface area (Å²) in [5.41, 5.74) is 3.46. The first-order chi connectivity index (χ1) is 8.95. The molecule has 0 aliphatic rings. The van der Waals surface area contributed by atoms with Crippen molar-refractivity contribution in [3.63, 3.8) is 0 Å². The van der Waals surface area contributed by atoms with Crippen LogP contribution < -0.4 is 10.1 Å². The molecule has 0 spiro atoms. The molecule has 1 aromatic carbocycles. The Bertz CT molecular complexity index is 585. The summed E-state index contributed by atoms with van der Waals surface area (Å²) < 4.78 is 5.30. The van der Waals surface area contributed by atoms with Crippen LogP contribution >= 0.6 is 0 Å².